The molecule has 0 aliphatic rings. The van der Waals surface area contributed by atoms with Crippen molar-refractivity contribution >= 4 is 5.91 Å². The molecule has 0 rings (SSSR count). The highest BCUT2D eigenvalue weighted by atomic mass is 16.1. The quantitative estimate of drug-likeness (QED) is 0.732. The van der Waals surface area contributed by atoms with Gasteiger partial charge in [-0.15, -0.1) is 0 Å². The Labute approximate surface area is 91.8 Å². The third-order valence-electron chi connectivity index (χ3n) is 2.32. The second kappa shape index (κ2) is 5.72. The van der Waals surface area contributed by atoms with Gasteiger partial charge in [-0.2, -0.15) is 5.26 Å². The van der Waals surface area contributed by atoms with Gasteiger partial charge < -0.3 is 11.1 Å². The minimum atomic E-state index is -0.160. The molecule has 4 heteroatoms. The lowest BCUT2D eigenvalue weighted by Crippen LogP contribution is -2.42. The smallest absolute Gasteiger partial charge is 0.221 e. The predicted octanol–water partition coefficient (Wildman–Crippen LogP) is 1.17. The summed E-state index contributed by atoms with van der Waals surface area (Å²) >= 11 is 0. The van der Waals surface area contributed by atoms with Crippen LogP contribution in [0.25, 0.3) is 0 Å². The summed E-state index contributed by atoms with van der Waals surface area (Å²) in [6.07, 6.45) is 0.635. The molecule has 86 valence electrons. The molecule has 0 aliphatic heterocycles. The average Bonchev–Trinajstić information content (AvgIpc) is 2.01. The number of nitrogens with two attached hydrogens (primary N) is 1. The van der Waals surface area contributed by atoms with Crippen molar-refractivity contribution < 1.29 is 4.79 Å². The van der Waals surface area contributed by atoms with Crippen molar-refractivity contribution in [3.63, 3.8) is 0 Å². The summed E-state index contributed by atoms with van der Waals surface area (Å²) in [7, 11) is 0. The molecule has 0 radical (unpaired) electrons. The minimum Gasteiger partial charge on any atom is -0.353 e. The van der Waals surface area contributed by atoms with Crippen LogP contribution in [0.4, 0.5) is 0 Å². The Kier molecular flexibility index (Phi) is 5.31. The summed E-state index contributed by atoms with van der Waals surface area (Å²) < 4.78 is 0. The van der Waals surface area contributed by atoms with E-state index >= 15 is 0 Å². The highest BCUT2D eigenvalue weighted by molar-refractivity contribution is 5.76. The van der Waals surface area contributed by atoms with E-state index in [9.17, 15) is 4.79 Å². The molecule has 0 fully saturated rings. The Morgan fingerprint density at radius 2 is 2.07 bits per heavy atom. The van der Waals surface area contributed by atoms with Gasteiger partial charge in [-0.1, -0.05) is 20.8 Å². The average molecular weight is 211 g/mol. The molecule has 2 unspecified atom stereocenters. The first-order valence-electron chi connectivity index (χ1n) is 5.19. The third-order valence-corrected chi connectivity index (χ3v) is 2.32. The number of carbonyl (C=O) groups excluding carboxylic acids is 1. The first-order valence-corrected chi connectivity index (χ1v) is 5.19. The molecule has 3 N–H and O–H groups in total. The number of hydrogen-bond acceptors (Lipinski definition) is 3. The summed E-state index contributed by atoms with van der Waals surface area (Å²) in [6.45, 7) is 7.82. The van der Waals surface area contributed by atoms with Crippen LogP contribution in [0, 0.1) is 16.7 Å². The van der Waals surface area contributed by atoms with Gasteiger partial charge in [0, 0.05) is 18.5 Å². The molecule has 0 aromatic rings. The second-order valence-corrected chi connectivity index (χ2v) is 5.01. The number of carbonyl (C=O) groups is 1. The van der Waals surface area contributed by atoms with Gasteiger partial charge in [0.2, 0.25) is 5.91 Å². The zero-order valence-corrected chi connectivity index (χ0v) is 10.0. The molecule has 0 spiro atoms. The Bertz CT molecular complexity index is 250. The van der Waals surface area contributed by atoms with E-state index in [1.165, 1.54) is 0 Å². The Balaban J connectivity index is 4.00. The second-order valence-electron chi connectivity index (χ2n) is 5.01. The van der Waals surface area contributed by atoms with E-state index in [0.717, 1.165) is 0 Å². The van der Waals surface area contributed by atoms with Gasteiger partial charge in [-0.25, -0.2) is 0 Å². The maximum absolute atomic E-state index is 11.5. The largest absolute Gasteiger partial charge is 0.353 e. The number of nitrogens with one attached hydrogen (secondary N) is 1. The first-order chi connectivity index (χ1) is 6.77. The van der Waals surface area contributed by atoms with Crippen LogP contribution in [0.5, 0.6) is 0 Å². The van der Waals surface area contributed by atoms with E-state index in [-0.39, 0.29) is 23.4 Å². The van der Waals surface area contributed by atoms with Crippen LogP contribution >= 0.6 is 0 Å². The monoisotopic (exact) mass is 211 g/mol. The number of nitriles is 1. The van der Waals surface area contributed by atoms with E-state index in [0.29, 0.717) is 12.8 Å². The molecule has 0 saturated carbocycles. The number of rotatable bonds is 4. The summed E-state index contributed by atoms with van der Waals surface area (Å²) in [5.41, 5.74) is 5.80. The third kappa shape index (κ3) is 6.08. The zero-order chi connectivity index (χ0) is 12.1. The number of hydrogen-bond donors (Lipinski definition) is 2. The normalized spacial score (nSPS) is 15.2. The summed E-state index contributed by atoms with van der Waals surface area (Å²) in [4.78, 5) is 11.5. The topological polar surface area (TPSA) is 78.9 Å². The van der Waals surface area contributed by atoms with Crippen molar-refractivity contribution in [1.82, 2.24) is 5.32 Å². The first kappa shape index (κ1) is 13.9. The highest BCUT2D eigenvalue weighted by Gasteiger charge is 2.23. The van der Waals surface area contributed by atoms with Gasteiger partial charge in [0.15, 0.2) is 0 Å². The Morgan fingerprint density at radius 3 is 2.47 bits per heavy atom. The minimum absolute atomic E-state index is 0.0736. The van der Waals surface area contributed by atoms with Crippen LogP contribution in [0.3, 0.4) is 0 Å². The molecule has 4 nitrogen and oxygen atoms in total. The lowest BCUT2D eigenvalue weighted by Gasteiger charge is -2.26. The van der Waals surface area contributed by atoms with Crippen molar-refractivity contribution in [2.75, 3.05) is 0 Å². The van der Waals surface area contributed by atoms with Crippen molar-refractivity contribution in [2.45, 2.75) is 52.6 Å². The molecule has 0 aromatic heterocycles. The van der Waals surface area contributed by atoms with Crippen LogP contribution in [0.2, 0.25) is 0 Å². The number of amides is 1. The molecule has 0 aromatic carbocycles. The maximum atomic E-state index is 11.5. The zero-order valence-electron chi connectivity index (χ0n) is 10.0. The van der Waals surface area contributed by atoms with Gasteiger partial charge in [0.1, 0.15) is 0 Å². The Hall–Kier alpha value is -1.08. The van der Waals surface area contributed by atoms with Gasteiger partial charge >= 0.3 is 0 Å². The van der Waals surface area contributed by atoms with Gasteiger partial charge in [0.05, 0.1) is 12.5 Å². The molecule has 2 atom stereocenters. The fourth-order valence-electron chi connectivity index (χ4n) is 1.03. The standard InChI is InChI=1S/C11H21N3O/c1-8(5-6-12)14-10(15)7-9(13)11(2,3)4/h8-9H,5,7,13H2,1-4H3,(H,14,15). The van der Waals surface area contributed by atoms with Crippen LogP contribution in [-0.4, -0.2) is 18.0 Å². The molecule has 0 saturated heterocycles. The van der Waals surface area contributed by atoms with Gasteiger partial charge in [-0.3, -0.25) is 4.79 Å². The lowest BCUT2D eigenvalue weighted by molar-refractivity contribution is -0.122. The van der Waals surface area contributed by atoms with Crippen LogP contribution in [0.1, 0.15) is 40.5 Å². The van der Waals surface area contributed by atoms with E-state index in [4.69, 9.17) is 11.0 Å². The van der Waals surface area contributed by atoms with Gasteiger partial charge in [-0.05, 0) is 12.3 Å². The predicted molar refractivity (Wildman–Crippen MR) is 59.9 cm³/mol. The lowest BCUT2D eigenvalue weighted by atomic mass is 9.85. The fraction of sp³-hybridized carbons (Fsp3) is 0.818. The van der Waals surface area contributed by atoms with E-state index in [2.05, 4.69) is 5.32 Å². The molecule has 0 heterocycles. The molecular weight excluding hydrogens is 190 g/mol. The molecule has 1 amide bonds. The van der Waals surface area contributed by atoms with Gasteiger partial charge in [0.25, 0.3) is 0 Å². The SMILES string of the molecule is CC(CC#N)NC(=O)CC(N)C(C)(C)C. The van der Waals surface area contributed by atoms with Crippen molar-refractivity contribution in [3.8, 4) is 6.07 Å². The van der Waals surface area contributed by atoms with E-state index < -0.39 is 0 Å². The summed E-state index contributed by atoms with van der Waals surface area (Å²) in [5, 5.41) is 11.2. The number of nitrogens with zero attached hydrogens (tertiary/aromatic N) is 1. The van der Waals surface area contributed by atoms with Crippen molar-refractivity contribution in [2.24, 2.45) is 11.1 Å². The van der Waals surface area contributed by atoms with Crippen molar-refractivity contribution in [1.29, 1.82) is 5.26 Å². The van der Waals surface area contributed by atoms with E-state index in [1.807, 2.05) is 33.8 Å². The maximum Gasteiger partial charge on any atom is 0.221 e. The van der Waals surface area contributed by atoms with Crippen LogP contribution in [0.15, 0.2) is 0 Å². The molecule has 0 bridgehead atoms. The summed E-state index contributed by atoms with van der Waals surface area (Å²) in [5.74, 6) is -0.0832. The molecule has 0 aliphatic carbocycles. The van der Waals surface area contributed by atoms with Crippen molar-refractivity contribution in [3.05, 3.63) is 0 Å². The van der Waals surface area contributed by atoms with Crippen LogP contribution < -0.4 is 11.1 Å². The fourth-order valence-corrected chi connectivity index (χ4v) is 1.03. The molecule has 15 heavy (non-hydrogen) atoms. The Morgan fingerprint density at radius 1 is 1.53 bits per heavy atom. The van der Waals surface area contributed by atoms with Crippen LogP contribution in [-0.2, 0) is 4.79 Å². The van der Waals surface area contributed by atoms with E-state index in [1.54, 1.807) is 0 Å². The summed E-state index contributed by atoms with van der Waals surface area (Å²) in [6, 6.07) is 1.75. The highest BCUT2D eigenvalue weighted by Crippen LogP contribution is 2.19. The molecular formula is C11H21N3O.